The normalized spacial score (nSPS) is 16.7. The Morgan fingerprint density at radius 3 is 2.73 bits per heavy atom. The predicted molar refractivity (Wildman–Crippen MR) is 109 cm³/mol. The zero-order valence-corrected chi connectivity index (χ0v) is 17.0. The summed E-state index contributed by atoms with van der Waals surface area (Å²) >= 11 is 2.95. The zero-order valence-electron chi connectivity index (χ0n) is 15.3. The second-order valence-electron chi connectivity index (χ2n) is 6.82. The van der Waals surface area contributed by atoms with E-state index < -0.39 is 0 Å². The standard InChI is InChI=1S/C19H26N4OS2/c1-13-8-7-11-16(12-13)21-18-22-23-19(26-18)25-14(2)17(24)20-15-9-5-3-4-6-10-15/h7-8,11-12,14-15H,3-6,9-10H2,1-2H3,(H,20,24)(H,21,22)/t14-/m0/s1. The van der Waals surface area contributed by atoms with Gasteiger partial charge in [-0.2, -0.15) is 0 Å². The van der Waals surface area contributed by atoms with Crippen molar-refractivity contribution in [3.63, 3.8) is 0 Å². The Balaban J connectivity index is 1.51. The van der Waals surface area contributed by atoms with Crippen molar-refractivity contribution in [2.24, 2.45) is 0 Å². The largest absolute Gasteiger partial charge is 0.352 e. The first-order chi connectivity index (χ1) is 12.6. The molecule has 1 atom stereocenters. The number of aromatic nitrogens is 2. The van der Waals surface area contributed by atoms with Crippen molar-refractivity contribution in [2.75, 3.05) is 5.32 Å². The van der Waals surface area contributed by atoms with E-state index in [1.807, 2.05) is 19.1 Å². The highest BCUT2D eigenvalue weighted by molar-refractivity contribution is 8.02. The average Bonchev–Trinajstić information content (AvgIpc) is 2.88. The number of nitrogens with one attached hydrogen (secondary N) is 2. The van der Waals surface area contributed by atoms with Gasteiger partial charge in [-0.1, -0.05) is 60.9 Å². The van der Waals surface area contributed by atoms with Crippen molar-refractivity contribution in [2.45, 2.75) is 68.0 Å². The number of aryl methyl sites for hydroxylation is 1. The number of anilines is 2. The smallest absolute Gasteiger partial charge is 0.233 e. The molecule has 0 saturated heterocycles. The highest BCUT2D eigenvalue weighted by Crippen LogP contribution is 2.30. The third-order valence-electron chi connectivity index (χ3n) is 4.52. The van der Waals surface area contributed by atoms with Crippen LogP contribution in [0.1, 0.15) is 51.0 Å². The van der Waals surface area contributed by atoms with E-state index in [0.717, 1.165) is 28.0 Å². The lowest BCUT2D eigenvalue weighted by molar-refractivity contribution is -0.121. The maximum atomic E-state index is 12.5. The van der Waals surface area contributed by atoms with Crippen LogP contribution >= 0.6 is 23.1 Å². The van der Waals surface area contributed by atoms with Crippen LogP contribution in [0, 0.1) is 6.92 Å². The SMILES string of the molecule is Cc1cccc(Nc2nnc(S[C@@H](C)C(=O)NC3CCCCCC3)s2)c1. The van der Waals surface area contributed by atoms with Gasteiger partial charge in [0.25, 0.3) is 0 Å². The van der Waals surface area contributed by atoms with Gasteiger partial charge in [-0.25, -0.2) is 0 Å². The summed E-state index contributed by atoms with van der Waals surface area (Å²) in [7, 11) is 0. The molecule has 1 aliphatic rings. The lowest BCUT2D eigenvalue weighted by atomic mass is 10.1. The minimum Gasteiger partial charge on any atom is -0.352 e. The molecule has 0 bridgehead atoms. The highest BCUT2D eigenvalue weighted by atomic mass is 32.2. The van der Waals surface area contributed by atoms with Gasteiger partial charge in [0.05, 0.1) is 5.25 Å². The minimum absolute atomic E-state index is 0.102. The van der Waals surface area contributed by atoms with E-state index in [9.17, 15) is 4.79 Å². The number of carbonyl (C=O) groups is 1. The fraction of sp³-hybridized carbons (Fsp3) is 0.526. The van der Waals surface area contributed by atoms with Gasteiger partial charge >= 0.3 is 0 Å². The minimum atomic E-state index is -0.168. The maximum absolute atomic E-state index is 12.5. The Kier molecular flexibility index (Phi) is 6.91. The molecule has 1 aromatic carbocycles. The number of thioether (sulfide) groups is 1. The second-order valence-corrected chi connectivity index (χ2v) is 9.39. The number of hydrogen-bond acceptors (Lipinski definition) is 6. The fourth-order valence-corrected chi connectivity index (χ4v) is 5.03. The molecule has 2 aromatic rings. The van der Waals surface area contributed by atoms with Crippen LogP contribution in [0.15, 0.2) is 28.6 Å². The first-order valence-electron chi connectivity index (χ1n) is 9.24. The van der Waals surface area contributed by atoms with Crippen LogP contribution in [-0.4, -0.2) is 27.4 Å². The summed E-state index contributed by atoms with van der Waals surface area (Å²) in [6.07, 6.45) is 7.23. The molecule has 7 heteroatoms. The topological polar surface area (TPSA) is 66.9 Å². The van der Waals surface area contributed by atoms with Crippen molar-refractivity contribution in [1.29, 1.82) is 0 Å². The fourth-order valence-electron chi connectivity index (χ4n) is 3.10. The molecule has 1 heterocycles. The van der Waals surface area contributed by atoms with Crippen molar-refractivity contribution >= 4 is 39.8 Å². The molecule has 0 unspecified atom stereocenters. The van der Waals surface area contributed by atoms with Gasteiger partial charge in [0.15, 0.2) is 4.34 Å². The van der Waals surface area contributed by atoms with Crippen LogP contribution in [0.25, 0.3) is 0 Å². The molecule has 0 spiro atoms. The number of rotatable bonds is 6. The molecule has 1 fully saturated rings. The quantitative estimate of drug-likeness (QED) is 0.542. The number of amides is 1. The molecule has 3 rings (SSSR count). The molecule has 26 heavy (non-hydrogen) atoms. The molecular weight excluding hydrogens is 364 g/mol. The van der Waals surface area contributed by atoms with Crippen LogP contribution in [0.3, 0.4) is 0 Å². The van der Waals surface area contributed by atoms with Crippen LogP contribution in [0.4, 0.5) is 10.8 Å². The third kappa shape index (κ3) is 5.71. The third-order valence-corrected chi connectivity index (χ3v) is 6.55. The zero-order chi connectivity index (χ0) is 18.4. The molecule has 0 radical (unpaired) electrons. The number of hydrogen-bond donors (Lipinski definition) is 2. The Morgan fingerprint density at radius 1 is 1.23 bits per heavy atom. The van der Waals surface area contributed by atoms with Gasteiger partial charge in [-0.05, 0) is 44.4 Å². The molecule has 1 saturated carbocycles. The first-order valence-corrected chi connectivity index (χ1v) is 10.9. The molecule has 5 nitrogen and oxygen atoms in total. The van der Waals surface area contributed by atoms with Gasteiger partial charge in [0.1, 0.15) is 0 Å². The summed E-state index contributed by atoms with van der Waals surface area (Å²) in [6.45, 7) is 3.99. The van der Waals surface area contributed by atoms with Crippen molar-refractivity contribution in [3.05, 3.63) is 29.8 Å². The summed E-state index contributed by atoms with van der Waals surface area (Å²) in [6, 6.07) is 8.47. The lowest BCUT2D eigenvalue weighted by Crippen LogP contribution is -2.39. The van der Waals surface area contributed by atoms with E-state index >= 15 is 0 Å². The van der Waals surface area contributed by atoms with E-state index in [1.54, 1.807) is 0 Å². The monoisotopic (exact) mass is 390 g/mol. The van der Waals surface area contributed by atoms with E-state index in [4.69, 9.17) is 0 Å². The van der Waals surface area contributed by atoms with Gasteiger partial charge in [-0.3, -0.25) is 4.79 Å². The van der Waals surface area contributed by atoms with Gasteiger partial charge in [-0.15, -0.1) is 10.2 Å². The van der Waals surface area contributed by atoms with E-state index in [2.05, 4.69) is 39.9 Å². The van der Waals surface area contributed by atoms with Crippen molar-refractivity contribution < 1.29 is 4.79 Å². The highest BCUT2D eigenvalue weighted by Gasteiger charge is 2.21. The molecule has 0 aliphatic heterocycles. The van der Waals surface area contributed by atoms with Crippen LogP contribution < -0.4 is 10.6 Å². The van der Waals surface area contributed by atoms with E-state index in [-0.39, 0.29) is 11.2 Å². The van der Waals surface area contributed by atoms with Crippen LogP contribution in [0.2, 0.25) is 0 Å². The molecule has 1 aromatic heterocycles. The summed E-state index contributed by atoms with van der Waals surface area (Å²) in [5.74, 6) is 0.102. The summed E-state index contributed by atoms with van der Waals surface area (Å²) in [4.78, 5) is 12.5. The molecular formula is C19H26N4OS2. The Morgan fingerprint density at radius 2 is 2.00 bits per heavy atom. The Labute approximate surface area is 163 Å². The summed E-state index contributed by atoms with van der Waals surface area (Å²) < 4.78 is 0.809. The summed E-state index contributed by atoms with van der Waals surface area (Å²) in [5.41, 5.74) is 2.19. The van der Waals surface area contributed by atoms with Crippen LogP contribution in [0.5, 0.6) is 0 Å². The predicted octanol–water partition coefficient (Wildman–Crippen LogP) is 4.91. The lowest BCUT2D eigenvalue weighted by Gasteiger charge is -2.18. The molecule has 1 aliphatic carbocycles. The molecule has 140 valence electrons. The molecule has 2 N–H and O–H groups in total. The van der Waals surface area contributed by atoms with Gasteiger partial charge < -0.3 is 10.6 Å². The van der Waals surface area contributed by atoms with Crippen LogP contribution in [-0.2, 0) is 4.79 Å². The van der Waals surface area contributed by atoms with E-state index in [0.29, 0.717) is 6.04 Å². The van der Waals surface area contributed by atoms with Gasteiger partial charge in [0, 0.05) is 11.7 Å². The number of nitrogens with zero attached hydrogens (tertiary/aromatic N) is 2. The van der Waals surface area contributed by atoms with Gasteiger partial charge in [0.2, 0.25) is 11.0 Å². The molecule has 1 amide bonds. The van der Waals surface area contributed by atoms with Crippen molar-refractivity contribution in [3.8, 4) is 0 Å². The Hall–Kier alpha value is -1.60. The number of carbonyl (C=O) groups excluding carboxylic acids is 1. The first kappa shape index (κ1) is 19.2. The van der Waals surface area contributed by atoms with E-state index in [1.165, 1.54) is 54.3 Å². The second kappa shape index (κ2) is 9.37. The Bertz CT molecular complexity index is 726. The number of benzene rings is 1. The summed E-state index contributed by atoms with van der Waals surface area (Å²) in [5, 5.41) is 15.5. The average molecular weight is 391 g/mol. The van der Waals surface area contributed by atoms with Crippen molar-refractivity contribution in [1.82, 2.24) is 15.5 Å². The maximum Gasteiger partial charge on any atom is 0.233 e.